The first-order valence-electron chi connectivity index (χ1n) is 3.40. The third kappa shape index (κ3) is 1.56. The van der Waals surface area contributed by atoms with Crippen LogP contribution in [0, 0.1) is 0 Å². The Bertz CT molecular complexity index is 162. The molecule has 0 aliphatic carbocycles. The number of aryl methyl sites for hydroxylation is 2. The SMILES string of the molecule is CCc1c[nH]c(CC)p1. The summed E-state index contributed by atoms with van der Waals surface area (Å²) in [5, 5.41) is 1.51. The highest BCUT2D eigenvalue weighted by Gasteiger charge is 1.93. The van der Waals surface area contributed by atoms with Gasteiger partial charge in [-0.05, 0) is 26.3 Å². The fourth-order valence-corrected chi connectivity index (χ4v) is 1.69. The minimum atomic E-state index is 1.15. The van der Waals surface area contributed by atoms with Crippen molar-refractivity contribution in [2.24, 2.45) is 0 Å². The first kappa shape index (κ1) is 6.82. The van der Waals surface area contributed by atoms with Crippen LogP contribution in [0.1, 0.15) is 24.6 Å². The van der Waals surface area contributed by atoms with Gasteiger partial charge in [0.2, 0.25) is 0 Å². The van der Waals surface area contributed by atoms with Crippen molar-refractivity contribution in [3.63, 3.8) is 0 Å². The Kier molecular flexibility index (Phi) is 2.29. The lowest BCUT2D eigenvalue weighted by Crippen LogP contribution is -1.70. The molecule has 1 rings (SSSR count). The third-order valence-electron chi connectivity index (χ3n) is 1.38. The van der Waals surface area contributed by atoms with Crippen LogP contribution in [0.2, 0.25) is 0 Å². The van der Waals surface area contributed by atoms with Crippen molar-refractivity contribution in [2.45, 2.75) is 26.7 Å². The topological polar surface area (TPSA) is 15.8 Å². The van der Waals surface area contributed by atoms with E-state index in [4.69, 9.17) is 0 Å². The Morgan fingerprint density at radius 2 is 2.22 bits per heavy atom. The molecule has 0 radical (unpaired) electrons. The quantitative estimate of drug-likeness (QED) is 0.651. The molecule has 1 aromatic heterocycles. The number of nitrogens with one attached hydrogen (secondary N) is 1. The van der Waals surface area contributed by atoms with Crippen molar-refractivity contribution in [3.8, 4) is 0 Å². The number of aromatic amines is 1. The molecule has 2 heteroatoms. The maximum Gasteiger partial charge on any atom is 0.0424 e. The zero-order valence-corrected chi connectivity index (χ0v) is 6.83. The summed E-state index contributed by atoms with van der Waals surface area (Å²) in [7, 11) is 1.42. The van der Waals surface area contributed by atoms with Gasteiger partial charge in [-0.15, -0.1) is 0 Å². The number of hydrogen-bond donors (Lipinski definition) is 1. The summed E-state index contributed by atoms with van der Waals surface area (Å²) < 4.78 is 0. The first-order valence-corrected chi connectivity index (χ1v) is 4.29. The van der Waals surface area contributed by atoms with E-state index in [9.17, 15) is 0 Å². The lowest BCUT2D eigenvalue weighted by Gasteiger charge is -1.82. The molecule has 0 unspecified atom stereocenters. The van der Waals surface area contributed by atoms with Gasteiger partial charge in [0.05, 0.1) is 0 Å². The van der Waals surface area contributed by atoms with Crippen LogP contribution in [0.5, 0.6) is 0 Å². The van der Waals surface area contributed by atoms with E-state index in [2.05, 4.69) is 25.0 Å². The maximum absolute atomic E-state index is 3.25. The van der Waals surface area contributed by atoms with Gasteiger partial charge in [0.25, 0.3) is 0 Å². The van der Waals surface area contributed by atoms with Gasteiger partial charge in [-0.3, -0.25) is 0 Å². The van der Waals surface area contributed by atoms with Gasteiger partial charge in [-0.25, -0.2) is 0 Å². The average Bonchev–Trinajstić information content (AvgIpc) is 2.34. The molecular weight excluding hydrogens is 129 g/mol. The molecule has 1 nitrogen and oxygen atoms in total. The fourth-order valence-electron chi connectivity index (χ4n) is 0.767. The molecular formula is C7H12NP. The predicted molar refractivity (Wildman–Crippen MR) is 42.1 cm³/mol. The lowest BCUT2D eigenvalue weighted by atomic mass is 10.4. The molecule has 50 valence electrons. The van der Waals surface area contributed by atoms with Gasteiger partial charge in [0.1, 0.15) is 0 Å². The van der Waals surface area contributed by atoms with Crippen molar-refractivity contribution >= 4 is 8.19 Å². The van der Waals surface area contributed by atoms with Crippen molar-refractivity contribution in [1.29, 1.82) is 0 Å². The summed E-state index contributed by atoms with van der Waals surface area (Å²) in [5.41, 5.74) is 1.44. The number of hydrogen-bond acceptors (Lipinski definition) is 0. The zero-order chi connectivity index (χ0) is 6.69. The summed E-state index contributed by atoms with van der Waals surface area (Å²) in [5.74, 6) is 0. The van der Waals surface area contributed by atoms with Crippen molar-refractivity contribution < 1.29 is 0 Å². The highest BCUT2D eigenvalue weighted by molar-refractivity contribution is 7.31. The van der Waals surface area contributed by atoms with Gasteiger partial charge in [0, 0.05) is 11.6 Å². The van der Waals surface area contributed by atoms with Crippen molar-refractivity contribution in [1.82, 2.24) is 4.98 Å². The van der Waals surface area contributed by atoms with Crippen molar-refractivity contribution in [3.05, 3.63) is 16.9 Å². The molecule has 0 aromatic carbocycles. The summed E-state index contributed by atoms with van der Waals surface area (Å²) >= 11 is 0. The third-order valence-corrected chi connectivity index (χ3v) is 2.83. The van der Waals surface area contributed by atoms with E-state index in [-0.39, 0.29) is 0 Å². The molecule has 0 bridgehead atoms. The number of rotatable bonds is 2. The summed E-state index contributed by atoms with van der Waals surface area (Å²) in [6.07, 6.45) is 4.46. The number of H-pyrrole nitrogens is 1. The van der Waals surface area contributed by atoms with E-state index in [1.165, 1.54) is 25.3 Å². The smallest absolute Gasteiger partial charge is 0.0424 e. The Morgan fingerprint density at radius 3 is 2.56 bits per heavy atom. The van der Waals surface area contributed by atoms with Crippen LogP contribution in [0.3, 0.4) is 0 Å². The standard InChI is InChI=1S/C7H12NP/c1-3-6-5-8-7(4-2)9-6/h5,8H,3-4H2,1-2H3. The van der Waals surface area contributed by atoms with Gasteiger partial charge in [-0.1, -0.05) is 13.8 Å². The second-order valence-electron chi connectivity index (χ2n) is 2.05. The fraction of sp³-hybridized carbons (Fsp3) is 0.571. The molecule has 9 heavy (non-hydrogen) atoms. The van der Waals surface area contributed by atoms with E-state index in [1.54, 1.807) is 0 Å². The van der Waals surface area contributed by atoms with Gasteiger partial charge < -0.3 is 4.98 Å². The Hall–Kier alpha value is -0.290. The molecule has 0 aliphatic rings. The van der Waals surface area contributed by atoms with Crippen LogP contribution in [-0.4, -0.2) is 4.98 Å². The van der Waals surface area contributed by atoms with E-state index in [0.717, 1.165) is 6.42 Å². The molecule has 1 N–H and O–H groups in total. The molecule has 0 aliphatic heterocycles. The summed E-state index contributed by atoms with van der Waals surface area (Å²) in [6.45, 7) is 4.38. The Balaban J connectivity index is 2.74. The maximum atomic E-state index is 3.25. The lowest BCUT2D eigenvalue weighted by molar-refractivity contribution is 1.09. The van der Waals surface area contributed by atoms with Crippen LogP contribution in [0.15, 0.2) is 6.20 Å². The second kappa shape index (κ2) is 3.03. The summed E-state index contributed by atoms with van der Waals surface area (Å²) in [4.78, 5) is 3.25. The molecule has 1 aromatic rings. The van der Waals surface area contributed by atoms with Crippen LogP contribution in [0.25, 0.3) is 0 Å². The van der Waals surface area contributed by atoms with Gasteiger partial charge >= 0.3 is 0 Å². The second-order valence-corrected chi connectivity index (χ2v) is 3.38. The highest BCUT2D eigenvalue weighted by atomic mass is 31.0. The monoisotopic (exact) mass is 141 g/mol. The van der Waals surface area contributed by atoms with Crippen LogP contribution in [0.4, 0.5) is 0 Å². The normalized spacial score (nSPS) is 10.9. The molecule has 0 saturated carbocycles. The largest absolute Gasteiger partial charge is 0.361 e. The van der Waals surface area contributed by atoms with Gasteiger partial charge in [0.15, 0.2) is 0 Å². The van der Waals surface area contributed by atoms with Crippen LogP contribution < -0.4 is 0 Å². The van der Waals surface area contributed by atoms with E-state index < -0.39 is 0 Å². The average molecular weight is 141 g/mol. The van der Waals surface area contributed by atoms with E-state index in [0.29, 0.717) is 0 Å². The van der Waals surface area contributed by atoms with Crippen LogP contribution >= 0.6 is 8.19 Å². The zero-order valence-electron chi connectivity index (χ0n) is 5.94. The van der Waals surface area contributed by atoms with Crippen LogP contribution in [-0.2, 0) is 12.8 Å². The first-order chi connectivity index (χ1) is 4.36. The molecule has 0 atom stereocenters. The van der Waals surface area contributed by atoms with Gasteiger partial charge in [-0.2, -0.15) is 0 Å². The predicted octanol–water partition coefficient (Wildman–Crippen LogP) is 2.72. The van der Waals surface area contributed by atoms with E-state index >= 15 is 0 Å². The molecule has 0 saturated heterocycles. The minimum Gasteiger partial charge on any atom is -0.361 e. The molecule has 0 spiro atoms. The summed E-state index contributed by atoms with van der Waals surface area (Å²) in [6, 6.07) is 0. The molecule has 0 fully saturated rings. The minimum absolute atomic E-state index is 1.15. The van der Waals surface area contributed by atoms with Crippen molar-refractivity contribution in [2.75, 3.05) is 0 Å². The number of aromatic nitrogens is 1. The Morgan fingerprint density at radius 1 is 1.44 bits per heavy atom. The molecule has 0 amide bonds. The Labute approximate surface area is 57.6 Å². The van der Waals surface area contributed by atoms with E-state index in [1.807, 2.05) is 0 Å². The molecule has 1 heterocycles. The highest BCUT2D eigenvalue weighted by Crippen LogP contribution is 2.19.